The van der Waals surface area contributed by atoms with Gasteiger partial charge in [-0.25, -0.2) is 9.97 Å². The number of thiazole rings is 1. The maximum absolute atomic E-state index is 13.0. The van der Waals surface area contributed by atoms with E-state index in [4.69, 9.17) is 10.6 Å². The standard InChI is InChI=1S/C20H22N8O5S2/c1-26(2)12-7-27(5-4-22-12)6-10-8-34-18-14(17(30)28(18)15(10)19(31)32)24-16(29)13(25-33-3)11-9-35-20(21)23-11/h4-5,7,9,14,18H,6,8H2,1-3H3,(H3-,21,23,24,29,31,32)/b25-13-/t14?,18-/m1/s1. The molecule has 0 radical (unpaired) electrons. The number of fused-ring (bicyclic) bond motifs is 1. The minimum absolute atomic E-state index is 0.144. The Labute approximate surface area is 208 Å². The third-order valence-corrected chi connectivity index (χ3v) is 7.28. The fourth-order valence-corrected chi connectivity index (χ4v) is 5.55. The largest absolute Gasteiger partial charge is 0.543 e. The quantitative estimate of drug-likeness (QED) is 0.171. The predicted octanol–water partition coefficient (Wildman–Crippen LogP) is -2.07. The van der Waals surface area contributed by atoms with Crippen molar-refractivity contribution in [2.45, 2.75) is 18.0 Å². The predicted molar refractivity (Wildman–Crippen MR) is 126 cm³/mol. The first-order valence-electron chi connectivity index (χ1n) is 10.2. The number of nitrogens with one attached hydrogen (secondary N) is 1. The smallest absolute Gasteiger partial charge is 0.276 e. The lowest BCUT2D eigenvalue weighted by Crippen LogP contribution is -2.71. The number of hydrogen-bond donors (Lipinski definition) is 2. The summed E-state index contributed by atoms with van der Waals surface area (Å²) in [5, 5.41) is 19.5. The van der Waals surface area contributed by atoms with Gasteiger partial charge in [0.25, 0.3) is 11.8 Å². The molecule has 0 aromatic carbocycles. The second-order valence-electron chi connectivity index (χ2n) is 7.78. The molecule has 3 N–H and O–H groups in total. The van der Waals surface area contributed by atoms with Crippen molar-refractivity contribution >= 4 is 57.5 Å². The summed E-state index contributed by atoms with van der Waals surface area (Å²) in [4.78, 5) is 53.8. The molecule has 2 amide bonds. The topological polar surface area (TPSA) is 170 Å². The molecule has 0 aliphatic carbocycles. The summed E-state index contributed by atoms with van der Waals surface area (Å²) in [5.41, 5.74) is 6.03. The Kier molecular flexibility index (Phi) is 6.88. The van der Waals surface area contributed by atoms with Crippen molar-refractivity contribution in [1.82, 2.24) is 20.2 Å². The molecule has 15 heteroatoms. The van der Waals surface area contributed by atoms with Crippen molar-refractivity contribution in [3.8, 4) is 0 Å². The number of carbonyl (C=O) groups is 3. The van der Waals surface area contributed by atoms with Gasteiger partial charge in [-0.2, -0.15) is 4.57 Å². The molecule has 4 rings (SSSR count). The number of anilines is 2. The summed E-state index contributed by atoms with van der Waals surface area (Å²) in [7, 11) is 4.97. The Morgan fingerprint density at radius 3 is 2.86 bits per heavy atom. The highest BCUT2D eigenvalue weighted by Crippen LogP contribution is 2.40. The monoisotopic (exact) mass is 518 g/mol. The van der Waals surface area contributed by atoms with Gasteiger partial charge in [-0.3, -0.25) is 14.5 Å². The highest BCUT2D eigenvalue weighted by atomic mass is 32.2. The number of β-lactam (4-membered cyclic amide) rings is 1. The van der Waals surface area contributed by atoms with Crippen LogP contribution in [-0.2, 0) is 25.8 Å². The van der Waals surface area contributed by atoms with E-state index in [1.165, 1.54) is 18.9 Å². The summed E-state index contributed by atoms with van der Waals surface area (Å²) < 4.78 is 1.79. The number of amides is 2. The number of aromatic nitrogens is 3. The Morgan fingerprint density at radius 2 is 2.23 bits per heavy atom. The van der Waals surface area contributed by atoms with E-state index in [1.54, 1.807) is 28.5 Å². The SMILES string of the molecule is CO/N=C(\C(=O)NC1C(=O)N2C(C(=O)[O-])=C(C[n+]3ccnc(N(C)C)c3)CS[C@H]12)c1csc(N)n1. The molecule has 2 aromatic rings. The number of carbonyl (C=O) groups excluding carboxylic acids is 3. The molecule has 0 bridgehead atoms. The second kappa shape index (κ2) is 9.87. The van der Waals surface area contributed by atoms with E-state index in [0.29, 0.717) is 17.1 Å². The molecule has 2 atom stereocenters. The van der Waals surface area contributed by atoms with Gasteiger partial charge >= 0.3 is 0 Å². The number of oxime groups is 1. The van der Waals surface area contributed by atoms with E-state index in [-0.39, 0.29) is 28.8 Å². The average molecular weight is 519 g/mol. The number of carboxylic acids is 1. The lowest BCUT2D eigenvalue weighted by atomic mass is 10.0. The fraction of sp³-hybridized carbons (Fsp3) is 0.350. The van der Waals surface area contributed by atoms with Crippen molar-refractivity contribution < 1.29 is 28.9 Å². The van der Waals surface area contributed by atoms with Gasteiger partial charge in [-0.1, -0.05) is 5.16 Å². The van der Waals surface area contributed by atoms with Crippen LogP contribution in [0.3, 0.4) is 0 Å². The first kappa shape index (κ1) is 24.4. The Balaban J connectivity index is 1.54. The molecule has 2 aromatic heterocycles. The van der Waals surface area contributed by atoms with Crippen LogP contribution in [0.1, 0.15) is 5.69 Å². The number of hydrogen-bond acceptors (Lipinski definition) is 12. The summed E-state index contributed by atoms with van der Waals surface area (Å²) in [6.07, 6.45) is 5.11. The van der Waals surface area contributed by atoms with E-state index in [2.05, 4.69) is 20.4 Å². The molecular formula is C20H22N8O5S2. The molecule has 13 nitrogen and oxygen atoms in total. The molecule has 2 aliphatic heterocycles. The number of carboxylic acid groups (broad SMARTS) is 1. The second-order valence-corrected chi connectivity index (χ2v) is 9.77. The van der Waals surface area contributed by atoms with Crippen LogP contribution < -0.4 is 25.6 Å². The zero-order chi connectivity index (χ0) is 25.3. The van der Waals surface area contributed by atoms with E-state index in [0.717, 1.165) is 16.2 Å². The van der Waals surface area contributed by atoms with Crippen molar-refractivity contribution in [1.29, 1.82) is 0 Å². The van der Waals surface area contributed by atoms with Crippen LogP contribution in [-0.4, -0.2) is 76.7 Å². The number of nitrogens with two attached hydrogens (primary N) is 1. The van der Waals surface area contributed by atoms with E-state index < -0.39 is 29.2 Å². The molecule has 1 saturated heterocycles. The van der Waals surface area contributed by atoms with Crippen molar-refractivity contribution in [2.75, 3.05) is 37.6 Å². The summed E-state index contributed by atoms with van der Waals surface area (Å²) in [6.45, 7) is 0.239. The van der Waals surface area contributed by atoms with Crippen molar-refractivity contribution in [2.24, 2.45) is 5.16 Å². The molecular weight excluding hydrogens is 496 g/mol. The normalized spacial score (nSPS) is 19.7. The minimum atomic E-state index is -1.45. The molecule has 1 unspecified atom stereocenters. The number of rotatable bonds is 8. The van der Waals surface area contributed by atoms with E-state index in [9.17, 15) is 19.5 Å². The first-order chi connectivity index (χ1) is 16.7. The maximum atomic E-state index is 13.0. The van der Waals surface area contributed by atoms with Crippen molar-refractivity contribution in [3.05, 3.63) is 40.9 Å². The first-order valence-corrected chi connectivity index (χ1v) is 12.2. The van der Waals surface area contributed by atoms with Gasteiger partial charge < -0.3 is 30.7 Å². The zero-order valence-corrected chi connectivity index (χ0v) is 20.6. The Morgan fingerprint density at radius 1 is 1.46 bits per heavy atom. The minimum Gasteiger partial charge on any atom is -0.543 e. The van der Waals surface area contributed by atoms with Gasteiger partial charge in [0, 0.05) is 30.8 Å². The van der Waals surface area contributed by atoms with Crippen LogP contribution in [0.5, 0.6) is 0 Å². The third-order valence-electron chi connectivity index (χ3n) is 5.27. The van der Waals surface area contributed by atoms with Crippen LogP contribution in [0.4, 0.5) is 10.9 Å². The number of nitrogens with zero attached hydrogens (tertiary/aromatic N) is 6. The average Bonchev–Trinajstić information content (AvgIpc) is 3.26. The summed E-state index contributed by atoms with van der Waals surface area (Å²) >= 11 is 2.47. The highest BCUT2D eigenvalue weighted by molar-refractivity contribution is 8.00. The van der Waals surface area contributed by atoms with Crippen molar-refractivity contribution in [3.63, 3.8) is 0 Å². The van der Waals surface area contributed by atoms with Crippen LogP contribution >= 0.6 is 23.1 Å². The molecule has 0 spiro atoms. The Bertz CT molecular complexity index is 1240. The molecule has 2 aliphatic rings. The fourth-order valence-electron chi connectivity index (χ4n) is 3.66. The number of thioether (sulfide) groups is 1. The lowest BCUT2D eigenvalue weighted by molar-refractivity contribution is -0.688. The number of nitrogen functional groups attached to an aromatic ring is 1. The summed E-state index contributed by atoms with van der Waals surface area (Å²) in [6, 6.07) is -0.949. The molecule has 184 valence electrons. The van der Waals surface area contributed by atoms with Gasteiger partial charge in [0.1, 0.15) is 24.2 Å². The van der Waals surface area contributed by atoms with Gasteiger partial charge in [0.15, 0.2) is 29.4 Å². The van der Waals surface area contributed by atoms with Crippen LogP contribution in [0, 0.1) is 0 Å². The maximum Gasteiger partial charge on any atom is 0.276 e. The zero-order valence-electron chi connectivity index (χ0n) is 19.0. The van der Waals surface area contributed by atoms with E-state index >= 15 is 0 Å². The summed E-state index contributed by atoms with van der Waals surface area (Å²) in [5.74, 6) is -1.67. The lowest BCUT2D eigenvalue weighted by Gasteiger charge is -2.50. The van der Waals surface area contributed by atoms with E-state index in [1.807, 2.05) is 19.0 Å². The van der Waals surface area contributed by atoms with Gasteiger partial charge in [0.2, 0.25) is 6.20 Å². The van der Waals surface area contributed by atoms with Crippen LogP contribution in [0.15, 0.2) is 40.4 Å². The van der Waals surface area contributed by atoms with Gasteiger partial charge in [-0.15, -0.1) is 23.1 Å². The molecule has 1 fully saturated rings. The van der Waals surface area contributed by atoms with Gasteiger partial charge in [0.05, 0.1) is 17.9 Å². The highest BCUT2D eigenvalue weighted by Gasteiger charge is 2.53. The third kappa shape index (κ3) is 4.77. The molecule has 4 heterocycles. The van der Waals surface area contributed by atoms with Crippen LogP contribution in [0.2, 0.25) is 0 Å². The van der Waals surface area contributed by atoms with Gasteiger partial charge in [-0.05, 0) is 0 Å². The van der Waals surface area contributed by atoms with Crippen LogP contribution in [0.25, 0.3) is 0 Å². The Hall–Kier alpha value is -3.72. The molecule has 0 saturated carbocycles. The number of aliphatic carboxylic acids is 1. The molecule has 35 heavy (non-hydrogen) atoms.